The molecule has 7 aromatic rings. The normalized spacial score (nSPS) is 11.6. The average Bonchev–Trinajstić information content (AvgIpc) is 3.26. The Morgan fingerprint density at radius 2 is 1.00 bits per heavy atom. The predicted octanol–water partition coefficient (Wildman–Crippen LogP) is 9.23. The molecule has 0 aliphatic heterocycles. The van der Waals surface area contributed by atoms with E-state index in [1.54, 1.807) is 0 Å². The Morgan fingerprint density at radius 3 is 1.85 bits per heavy atom. The summed E-state index contributed by atoms with van der Waals surface area (Å²) < 4.78 is 6.61. The molecular formula is C32H20O. The molecule has 1 nitrogen and oxygen atoms in total. The fourth-order valence-corrected chi connectivity index (χ4v) is 5.11. The second-order valence-electron chi connectivity index (χ2n) is 8.56. The Labute approximate surface area is 191 Å². The maximum atomic E-state index is 6.61. The number of fused-ring (bicyclic) bond motifs is 4. The lowest BCUT2D eigenvalue weighted by molar-refractivity contribution is 0.633. The van der Waals surface area contributed by atoms with Crippen LogP contribution in [0.3, 0.4) is 0 Å². The number of hydrogen-bond acceptors (Lipinski definition) is 1. The fourth-order valence-electron chi connectivity index (χ4n) is 5.11. The predicted molar refractivity (Wildman–Crippen MR) is 140 cm³/mol. The highest BCUT2D eigenvalue weighted by Gasteiger charge is 2.20. The third-order valence-electron chi connectivity index (χ3n) is 6.65. The first-order chi connectivity index (χ1) is 16.4. The summed E-state index contributed by atoms with van der Waals surface area (Å²) in [7, 11) is 0. The summed E-state index contributed by atoms with van der Waals surface area (Å²) in [5.74, 6) is 0.924. The van der Waals surface area contributed by atoms with Crippen molar-refractivity contribution in [1.29, 1.82) is 0 Å². The SMILES string of the molecule is c1ccc2cc3c(-c4oc5ccccc5c4-c4cccc5ccccc45)cccc3cc2c1. The number of rotatable bonds is 2. The highest BCUT2D eigenvalue weighted by Crippen LogP contribution is 2.45. The van der Waals surface area contributed by atoms with Crippen LogP contribution in [0.5, 0.6) is 0 Å². The first-order valence-electron chi connectivity index (χ1n) is 11.3. The minimum absolute atomic E-state index is 0.910. The van der Waals surface area contributed by atoms with Crippen molar-refractivity contribution in [2.45, 2.75) is 0 Å². The van der Waals surface area contributed by atoms with Gasteiger partial charge in [-0.15, -0.1) is 0 Å². The van der Waals surface area contributed by atoms with Gasteiger partial charge in [-0.1, -0.05) is 103 Å². The lowest BCUT2D eigenvalue weighted by atomic mass is 9.92. The van der Waals surface area contributed by atoms with Crippen LogP contribution in [-0.2, 0) is 0 Å². The average molecular weight is 421 g/mol. The summed E-state index contributed by atoms with van der Waals surface area (Å²) in [6.07, 6.45) is 0. The van der Waals surface area contributed by atoms with E-state index in [2.05, 4.69) is 115 Å². The molecule has 1 heterocycles. The van der Waals surface area contributed by atoms with Gasteiger partial charge in [-0.2, -0.15) is 0 Å². The van der Waals surface area contributed by atoms with Gasteiger partial charge < -0.3 is 4.42 Å². The van der Waals surface area contributed by atoms with Crippen LogP contribution in [0.2, 0.25) is 0 Å². The molecule has 0 aliphatic carbocycles. The molecule has 0 fully saturated rings. The van der Waals surface area contributed by atoms with Crippen LogP contribution in [0.1, 0.15) is 0 Å². The molecule has 0 aliphatic rings. The van der Waals surface area contributed by atoms with Gasteiger partial charge in [-0.05, 0) is 56.1 Å². The molecule has 154 valence electrons. The van der Waals surface area contributed by atoms with E-state index in [0.29, 0.717) is 0 Å². The summed E-state index contributed by atoms with van der Waals surface area (Å²) in [6, 6.07) is 43.1. The molecule has 33 heavy (non-hydrogen) atoms. The zero-order valence-electron chi connectivity index (χ0n) is 18.0. The Hall–Kier alpha value is -4.36. The van der Waals surface area contributed by atoms with Gasteiger partial charge in [0.25, 0.3) is 0 Å². The van der Waals surface area contributed by atoms with Gasteiger partial charge in [-0.25, -0.2) is 0 Å². The zero-order valence-corrected chi connectivity index (χ0v) is 18.0. The van der Waals surface area contributed by atoms with E-state index in [-0.39, 0.29) is 0 Å². The van der Waals surface area contributed by atoms with Crippen molar-refractivity contribution >= 4 is 43.3 Å². The zero-order chi connectivity index (χ0) is 21.8. The standard InChI is InChI=1S/C32H20O/c1-2-11-23-20-29-24(19-22(23)10-1)13-8-17-27(29)32-31(28-15-5-6-18-30(28)33-32)26-16-7-12-21-9-3-4-14-25(21)26/h1-20H. The molecule has 0 spiro atoms. The van der Waals surface area contributed by atoms with Crippen LogP contribution >= 0.6 is 0 Å². The van der Waals surface area contributed by atoms with Crippen LogP contribution in [0.4, 0.5) is 0 Å². The minimum Gasteiger partial charge on any atom is -0.455 e. The van der Waals surface area contributed by atoms with Gasteiger partial charge in [0.2, 0.25) is 0 Å². The van der Waals surface area contributed by atoms with Gasteiger partial charge in [0.1, 0.15) is 11.3 Å². The Kier molecular flexibility index (Phi) is 3.91. The largest absolute Gasteiger partial charge is 0.455 e. The Bertz CT molecular complexity index is 1810. The Morgan fingerprint density at radius 1 is 0.394 bits per heavy atom. The maximum Gasteiger partial charge on any atom is 0.143 e. The molecule has 0 amide bonds. The molecule has 1 aromatic heterocycles. The molecule has 1 heteroatoms. The van der Waals surface area contributed by atoms with Crippen molar-refractivity contribution in [3.05, 3.63) is 121 Å². The summed E-state index contributed by atoms with van der Waals surface area (Å²) in [6.45, 7) is 0. The third-order valence-corrected chi connectivity index (χ3v) is 6.65. The second kappa shape index (κ2) is 7.08. The van der Waals surface area contributed by atoms with Gasteiger partial charge >= 0.3 is 0 Å². The molecule has 0 unspecified atom stereocenters. The molecule has 7 rings (SSSR count). The van der Waals surface area contributed by atoms with Gasteiger partial charge in [-0.3, -0.25) is 0 Å². The van der Waals surface area contributed by atoms with E-state index < -0.39 is 0 Å². The smallest absolute Gasteiger partial charge is 0.143 e. The fraction of sp³-hybridized carbons (Fsp3) is 0. The molecule has 0 bridgehead atoms. The van der Waals surface area contributed by atoms with Gasteiger partial charge in [0, 0.05) is 16.5 Å². The summed E-state index contributed by atoms with van der Waals surface area (Å²) >= 11 is 0. The lowest BCUT2D eigenvalue weighted by Gasteiger charge is -2.11. The molecule has 0 saturated carbocycles. The van der Waals surface area contributed by atoms with E-state index in [1.165, 1.54) is 37.9 Å². The summed E-state index contributed by atoms with van der Waals surface area (Å²) in [4.78, 5) is 0. The minimum atomic E-state index is 0.910. The maximum absolute atomic E-state index is 6.61. The van der Waals surface area contributed by atoms with E-state index in [9.17, 15) is 0 Å². The van der Waals surface area contributed by atoms with Crippen molar-refractivity contribution in [2.75, 3.05) is 0 Å². The van der Waals surface area contributed by atoms with E-state index in [4.69, 9.17) is 4.42 Å². The first kappa shape index (κ1) is 18.2. The van der Waals surface area contributed by atoms with Crippen LogP contribution in [0.25, 0.3) is 65.7 Å². The number of para-hydroxylation sites is 1. The van der Waals surface area contributed by atoms with Crippen LogP contribution < -0.4 is 0 Å². The van der Waals surface area contributed by atoms with E-state index in [1.807, 2.05) is 6.07 Å². The molecule has 0 radical (unpaired) electrons. The van der Waals surface area contributed by atoms with Crippen molar-refractivity contribution in [3.63, 3.8) is 0 Å². The van der Waals surface area contributed by atoms with Gasteiger partial charge in [0.15, 0.2) is 0 Å². The quantitative estimate of drug-likeness (QED) is 0.254. The van der Waals surface area contributed by atoms with Crippen LogP contribution in [0, 0.1) is 0 Å². The van der Waals surface area contributed by atoms with Crippen molar-refractivity contribution in [3.8, 4) is 22.5 Å². The molecule has 0 saturated heterocycles. The lowest BCUT2D eigenvalue weighted by Crippen LogP contribution is -1.86. The number of benzene rings is 6. The van der Waals surface area contributed by atoms with Crippen molar-refractivity contribution in [1.82, 2.24) is 0 Å². The third kappa shape index (κ3) is 2.79. The first-order valence-corrected chi connectivity index (χ1v) is 11.3. The number of hydrogen-bond donors (Lipinski definition) is 0. The van der Waals surface area contributed by atoms with E-state index >= 15 is 0 Å². The topological polar surface area (TPSA) is 13.1 Å². The van der Waals surface area contributed by atoms with Crippen molar-refractivity contribution in [2.24, 2.45) is 0 Å². The Balaban J connectivity index is 1.62. The van der Waals surface area contributed by atoms with Gasteiger partial charge in [0.05, 0.1) is 0 Å². The second-order valence-corrected chi connectivity index (χ2v) is 8.56. The van der Waals surface area contributed by atoms with Crippen molar-refractivity contribution < 1.29 is 4.42 Å². The summed E-state index contributed by atoms with van der Waals surface area (Å²) in [5.41, 5.74) is 4.39. The molecule has 6 aromatic carbocycles. The van der Waals surface area contributed by atoms with Crippen LogP contribution in [0.15, 0.2) is 126 Å². The molecule has 0 N–H and O–H groups in total. The molecule has 0 atom stereocenters. The number of furan rings is 1. The highest BCUT2D eigenvalue weighted by molar-refractivity contribution is 6.13. The monoisotopic (exact) mass is 420 g/mol. The van der Waals surface area contributed by atoms with Crippen LogP contribution in [-0.4, -0.2) is 0 Å². The molecular weight excluding hydrogens is 400 g/mol. The highest BCUT2D eigenvalue weighted by atomic mass is 16.3. The van der Waals surface area contributed by atoms with E-state index in [0.717, 1.165) is 27.9 Å². The summed E-state index contributed by atoms with van der Waals surface area (Å²) in [5, 5.41) is 8.52.